The normalized spacial score (nSPS) is 12.2. The predicted molar refractivity (Wildman–Crippen MR) is 104 cm³/mol. The van der Waals surface area contributed by atoms with Gasteiger partial charge in [0.2, 0.25) is 0 Å². The second-order valence-corrected chi connectivity index (χ2v) is 6.11. The van der Waals surface area contributed by atoms with Gasteiger partial charge in [-0.25, -0.2) is 0 Å². The van der Waals surface area contributed by atoms with Crippen LogP contribution in [0.2, 0.25) is 5.02 Å². The summed E-state index contributed by atoms with van der Waals surface area (Å²) in [4.78, 5) is 0. The highest BCUT2D eigenvalue weighted by molar-refractivity contribution is 6.32. The number of nitrogens with one attached hydrogen (secondary N) is 1. The number of benzene rings is 2. The molecule has 1 unspecified atom stereocenters. The zero-order chi connectivity index (χ0) is 17.5. The van der Waals surface area contributed by atoms with Crippen LogP contribution < -0.4 is 10.1 Å². The molecule has 2 rings (SSSR count). The van der Waals surface area contributed by atoms with Gasteiger partial charge >= 0.3 is 0 Å². The van der Waals surface area contributed by atoms with Gasteiger partial charge in [-0.3, -0.25) is 0 Å². The Balaban J connectivity index is 2.01. The maximum atomic E-state index is 6.15. The van der Waals surface area contributed by atoms with Gasteiger partial charge in [0.1, 0.15) is 5.75 Å². The van der Waals surface area contributed by atoms with E-state index in [9.17, 15) is 0 Å². The summed E-state index contributed by atoms with van der Waals surface area (Å²) < 4.78 is 5.59. The lowest BCUT2D eigenvalue weighted by Crippen LogP contribution is -2.16. The van der Waals surface area contributed by atoms with Crippen molar-refractivity contribution in [2.45, 2.75) is 26.8 Å². The molecule has 0 heterocycles. The lowest BCUT2D eigenvalue weighted by molar-refractivity contribution is 0.337. The summed E-state index contributed by atoms with van der Waals surface area (Å²) >= 11 is 6.15. The predicted octanol–water partition coefficient (Wildman–Crippen LogP) is 5.92. The Morgan fingerprint density at radius 1 is 1.29 bits per heavy atom. The van der Waals surface area contributed by atoms with Crippen LogP contribution in [0.4, 0.5) is 0 Å². The lowest BCUT2D eigenvalue weighted by atomic mass is 10.0. The van der Waals surface area contributed by atoms with Gasteiger partial charge in [0, 0.05) is 16.8 Å². The first kappa shape index (κ1) is 18.2. The van der Waals surface area contributed by atoms with E-state index in [4.69, 9.17) is 16.3 Å². The summed E-state index contributed by atoms with van der Waals surface area (Å²) in [5, 5.41) is 4.13. The van der Waals surface area contributed by atoms with E-state index in [1.54, 1.807) is 0 Å². The van der Waals surface area contributed by atoms with Crippen molar-refractivity contribution in [2.24, 2.45) is 0 Å². The van der Waals surface area contributed by atoms with E-state index in [1.165, 1.54) is 5.56 Å². The van der Waals surface area contributed by atoms with Gasteiger partial charge in [-0.15, -0.1) is 0 Å². The van der Waals surface area contributed by atoms with Crippen molar-refractivity contribution in [3.05, 3.63) is 82.5 Å². The average Bonchev–Trinajstić information content (AvgIpc) is 2.56. The maximum Gasteiger partial charge on any atom is 0.122 e. The topological polar surface area (TPSA) is 21.3 Å². The van der Waals surface area contributed by atoms with E-state index in [0.717, 1.165) is 27.6 Å². The Morgan fingerprint density at radius 2 is 2.04 bits per heavy atom. The van der Waals surface area contributed by atoms with Crippen LogP contribution in [0, 0.1) is 6.92 Å². The SMILES string of the molecule is C=C(/C=C/c1ccccc1Cl)NC(C)c1ccc(OCC)c(C)c1. The van der Waals surface area contributed by atoms with Crippen LogP contribution in [-0.2, 0) is 0 Å². The van der Waals surface area contributed by atoms with Gasteiger partial charge in [-0.2, -0.15) is 0 Å². The molecule has 0 spiro atoms. The molecule has 0 fully saturated rings. The van der Waals surface area contributed by atoms with E-state index in [2.05, 4.69) is 37.9 Å². The number of hydrogen-bond donors (Lipinski definition) is 1. The molecule has 3 heteroatoms. The number of halogens is 1. The standard InChI is InChI=1S/C21H24ClNO/c1-5-24-21-13-12-19(14-15(21)2)17(4)23-16(3)10-11-18-8-6-7-9-20(18)22/h6-14,17,23H,3,5H2,1-2,4H3/b11-10+. The second-order valence-electron chi connectivity index (χ2n) is 5.70. The van der Waals surface area contributed by atoms with Crippen LogP contribution in [0.5, 0.6) is 5.75 Å². The number of rotatable bonds is 7. The van der Waals surface area contributed by atoms with Gasteiger partial charge in [0.05, 0.1) is 6.61 Å². The van der Waals surface area contributed by atoms with Gasteiger partial charge in [-0.05, 0) is 55.7 Å². The number of hydrogen-bond acceptors (Lipinski definition) is 2. The zero-order valence-electron chi connectivity index (χ0n) is 14.5. The zero-order valence-corrected chi connectivity index (χ0v) is 15.2. The highest BCUT2D eigenvalue weighted by atomic mass is 35.5. The van der Waals surface area contributed by atoms with Crippen LogP contribution in [0.1, 0.15) is 36.6 Å². The fourth-order valence-corrected chi connectivity index (χ4v) is 2.67. The van der Waals surface area contributed by atoms with Crippen LogP contribution >= 0.6 is 11.6 Å². The molecule has 0 radical (unpaired) electrons. The molecule has 0 saturated heterocycles. The van der Waals surface area contributed by atoms with Crippen molar-refractivity contribution in [1.82, 2.24) is 5.32 Å². The summed E-state index contributed by atoms with van der Waals surface area (Å²) in [5.74, 6) is 0.936. The fourth-order valence-electron chi connectivity index (χ4n) is 2.47. The molecule has 1 N–H and O–H groups in total. The van der Waals surface area contributed by atoms with Crippen molar-refractivity contribution in [2.75, 3.05) is 6.61 Å². The van der Waals surface area contributed by atoms with E-state index < -0.39 is 0 Å². The molecular weight excluding hydrogens is 318 g/mol. The fraction of sp³-hybridized carbons (Fsp3) is 0.238. The third-order valence-corrected chi connectivity index (χ3v) is 4.11. The van der Waals surface area contributed by atoms with Gasteiger partial charge in [0.15, 0.2) is 0 Å². The van der Waals surface area contributed by atoms with E-state index >= 15 is 0 Å². The largest absolute Gasteiger partial charge is 0.494 e. The van der Waals surface area contributed by atoms with E-state index in [0.29, 0.717) is 6.61 Å². The number of aryl methyl sites for hydroxylation is 1. The van der Waals surface area contributed by atoms with Crippen molar-refractivity contribution in [3.8, 4) is 5.75 Å². The Hall–Kier alpha value is -2.19. The number of ether oxygens (including phenoxy) is 1. The van der Waals surface area contributed by atoms with Crippen LogP contribution in [0.3, 0.4) is 0 Å². The highest BCUT2D eigenvalue weighted by Gasteiger charge is 2.08. The van der Waals surface area contributed by atoms with Crippen molar-refractivity contribution in [1.29, 1.82) is 0 Å². The van der Waals surface area contributed by atoms with Crippen molar-refractivity contribution < 1.29 is 4.74 Å². The smallest absolute Gasteiger partial charge is 0.122 e. The highest BCUT2D eigenvalue weighted by Crippen LogP contribution is 2.23. The third-order valence-electron chi connectivity index (χ3n) is 3.77. The monoisotopic (exact) mass is 341 g/mol. The number of allylic oxidation sites excluding steroid dienone is 1. The summed E-state index contributed by atoms with van der Waals surface area (Å²) in [6, 6.07) is 14.1. The van der Waals surface area contributed by atoms with Gasteiger partial charge < -0.3 is 10.1 Å². The molecule has 126 valence electrons. The lowest BCUT2D eigenvalue weighted by Gasteiger charge is -2.17. The first-order valence-electron chi connectivity index (χ1n) is 8.12. The molecule has 0 amide bonds. The molecule has 24 heavy (non-hydrogen) atoms. The Labute approximate surface area is 149 Å². The Bertz CT molecular complexity index is 736. The van der Waals surface area contributed by atoms with Gasteiger partial charge in [-0.1, -0.05) is 54.6 Å². The first-order chi connectivity index (χ1) is 11.5. The molecule has 2 nitrogen and oxygen atoms in total. The molecule has 0 aliphatic carbocycles. The molecule has 0 aliphatic rings. The minimum Gasteiger partial charge on any atom is -0.494 e. The molecular formula is C21H24ClNO. The third kappa shape index (κ3) is 4.90. The van der Waals surface area contributed by atoms with Crippen LogP contribution in [-0.4, -0.2) is 6.61 Å². The molecule has 2 aromatic carbocycles. The van der Waals surface area contributed by atoms with Crippen LogP contribution in [0.25, 0.3) is 6.08 Å². The Kier molecular flexibility index (Phi) is 6.51. The molecule has 0 aliphatic heterocycles. The summed E-state index contributed by atoms with van der Waals surface area (Å²) in [6.07, 6.45) is 3.91. The van der Waals surface area contributed by atoms with Gasteiger partial charge in [0.25, 0.3) is 0 Å². The minimum atomic E-state index is 0.155. The van der Waals surface area contributed by atoms with E-state index in [-0.39, 0.29) is 6.04 Å². The summed E-state index contributed by atoms with van der Waals surface area (Å²) in [6.45, 7) is 10.9. The summed E-state index contributed by atoms with van der Waals surface area (Å²) in [7, 11) is 0. The molecule has 0 aromatic heterocycles. The van der Waals surface area contributed by atoms with Crippen molar-refractivity contribution >= 4 is 17.7 Å². The maximum absolute atomic E-state index is 6.15. The molecule has 2 aromatic rings. The molecule has 0 bridgehead atoms. The van der Waals surface area contributed by atoms with Crippen LogP contribution in [0.15, 0.2) is 60.8 Å². The minimum absolute atomic E-state index is 0.155. The molecule has 0 saturated carbocycles. The summed E-state index contributed by atoms with van der Waals surface area (Å²) in [5.41, 5.74) is 4.16. The quantitative estimate of drug-likeness (QED) is 0.630. The van der Waals surface area contributed by atoms with E-state index in [1.807, 2.05) is 49.4 Å². The average molecular weight is 342 g/mol. The second kappa shape index (κ2) is 8.60. The molecule has 1 atom stereocenters. The first-order valence-corrected chi connectivity index (χ1v) is 8.50. The van der Waals surface area contributed by atoms with Crippen molar-refractivity contribution in [3.63, 3.8) is 0 Å². The Morgan fingerprint density at radius 3 is 2.71 bits per heavy atom.